The van der Waals surface area contributed by atoms with Crippen molar-refractivity contribution in [3.05, 3.63) is 69.2 Å². The van der Waals surface area contributed by atoms with E-state index in [9.17, 15) is 23.5 Å². The van der Waals surface area contributed by atoms with Crippen LogP contribution in [0.1, 0.15) is 28.8 Å². The highest BCUT2D eigenvalue weighted by Gasteiger charge is 2.24. The molecule has 0 saturated carbocycles. The molecule has 1 saturated heterocycles. The third kappa shape index (κ3) is 7.11. The minimum Gasteiger partial charge on any atom is -0.394 e. The minimum atomic E-state index is -1.10. The van der Waals surface area contributed by atoms with Gasteiger partial charge >= 0.3 is 0 Å². The fourth-order valence-electron chi connectivity index (χ4n) is 3.68. The molecular formula is C23H25Cl2F2N3O3. The summed E-state index contributed by atoms with van der Waals surface area (Å²) in [5.41, 5.74) is 0.673. The minimum absolute atomic E-state index is 0.211. The maximum absolute atomic E-state index is 13.9. The summed E-state index contributed by atoms with van der Waals surface area (Å²) in [7, 11) is 0. The summed E-state index contributed by atoms with van der Waals surface area (Å²) in [5.74, 6) is -1.97. The molecule has 10 heteroatoms. The maximum atomic E-state index is 13.9. The molecule has 1 heterocycles. The third-order valence-electron chi connectivity index (χ3n) is 5.67. The highest BCUT2D eigenvalue weighted by atomic mass is 35.5. The first-order valence-corrected chi connectivity index (χ1v) is 11.3. The quantitative estimate of drug-likeness (QED) is 0.519. The summed E-state index contributed by atoms with van der Waals surface area (Å²) in [6, 6.07) is 6.82. The lowest BCUT2D eigenvalue weighted by molar-refractivity contribution is -0.124. The van der Waals surface area contributed by atoms with Crippen molar-refractivity contribution in [2.75, 3.05) is 26.2 Å². The van der Waals surface area contributed by atoms with Crippen LogP contribution in [0, 0.1) is 17.6 Å². The van der Waals surface area contributed by atoms with Gasteiger partial charge in [0.15, 0.2) is 0 Å². The molecule has 0 aliphatic carbocycles. The fraction of sp³-hybridized carbons (Fsp3) is 0.391. The molecule has 0 aromatic heterocycles. The van der Waals surface area contributed by atoms with Crippen LogP contribution < -0.4 is 10.6 Å². The standard InChI is InChI=1S/C23H25Cl2F2N3O3/c24-18-4-2-15(9-19(18)25)22(32)29-21(13-31)23(33)28-11-14-5-7-30(8-6-14)12-16-1-3-17(26)10-20(16)27/h1-4,9-10,14,21,31H,5-8,11-13H2,(H,28,33)(H,29,32)/t21-/m0/s1. The molecule has 2 aromatic carbocycles. The van der Waals surface area contributed by atoms with E-state index >= 15 is 0 Å². The molecule has 3 rings (SSSR count). The van der Waals surface area contributed by atoms with E-state index in [4.69, 9.17) is 23.2 Å². The van der Waals surface area contributed by atoms with Crippen molar-refractivity contribution in [2.24, 2.45) is 5.92 Å². The smallest absolute Gasteiger partial charge is 0.252 e. The van der Waals surface area contributed by atoms with Crippen LogP contribution in [0.5, 0.6) is 0 Å². The van der Waals surface area contributed by atoms with Crippen molar-refractivity contribution in [3.8, 4) is 0 Å². The molecule has 1 atom stereocenters. The molecule has 2 amide bonds. The largest absolute Gasteiger partial charge is 0.394 e. The molecule has 0 bridgehead atoms. The highest BCUT2D eigenvalue weighted by Crippen LogP contribution is 2.23. The normalized spacial score (nSPS) is 15.8. The van der Waals surface area contributed by atoms with Gasteiger partial charge in [-0.1, -0.05) is 29.3 Å². The Hall–Kier alpha value is -2.26. The van der Waals surface area contributed by atoms with Gasteiger partial charge in [-0.05, 0) is 56.1 Å². The van der Waals surface area contributed by atoms with Gasteiger partial charge in [0.05, 0.1) is 16.7 Å². The lowest BCUT2D eigenvalue weighted by Crippen LogP contribution is -2.50. The number of piperidine rings is 1. The van der Waals surface area contributed by atoms with Crippen LogP contribution in [-0.2, 0) is 11.3 Å². The summed E-state index contributed by atoms with van der Waals surface area (Å²) in [4.78, 5) is 26.9. The zero-order chi connectivity index (χ0) is 24.0. The molecular weight excluding hydrogens is 475 g/mol. The summed E-state index contributed by atoms with van der Waals surface area (Å²) in [5, 5.41) is 15.3. The van der Waals surface area contributed by atoms with Gasteiger partial charge in [-0.2, -0.15) is 0 Å². The first-order valence-electron chi connectivity index (χ1n) is 10.6. The monoisotopic (exact) mass is 499 g/mol. The number of likely N-dealkylation sites (tertiary alicyclic amines) is 1. The van der Waals surface area contributed by atoms with Gasteiger partial charge in [0.1, 0.15) is 17.7 Å². The summed E-state index contributed by atoms with van der Waals surface area (Å²) in [6.07, 6.45) is 1.59. The number of hydrogen-bond donors (Lipinski definition) is 3. The molecule has 2 aromatic rings. The van der Waals surface area contributed by atoms with Gasteiger partial charge in [-0.25, -0.2) is 8.78 Å². The Morgan fingerprint density at radius 1 is 1.09 bits per heavy atom. The number of hydrogen-bond acceptors (Lipinski definition) is 4. The number of carbonyl (C=O) groups excluding carboxylic acids is 2. The number of amides is 2. The lowest BCUT2D eigenvalue weighted by Gasteiger charge is -2.32. The topological polar surface area (TPSA) is 81.7 Å². The molecule has 3 N–H and O–H groups in total. The molecule has 0 unspecified atom stereocenters. The first kappa shape index (κ1) is 25.4. The average molecular weight is 500 g/mol. The SMILES string of the molecule is O=C(N[C@@H](CO)C(=O)NCC1CCN(Cc2ccc(F)cc2F)CC1)c1ccc(Cl)c(Cl)c1. The van der Waals surface area contributed by atoms with Crippen LogP contribution in [0.4, 0.5) is 8.78 Å². The van der Waals surface area contributed by atoms with Crippen LogP contribution in [0.2, 0.25) is 10.0 Å². The van der Waals surface area contributed by atoms with E-state index < -0.39 is 36.1 Å². The summed E-state index contributed by atoms with van der Waals surface area (Å²) < 4.78 is 26.9. The van der Waals surface area contributed by atoms with Crippen molar-refractivity contribution in [1.29, 1.82) is 0 Å². The number of halogens is 4. The van der Waals surface area contributed by atoms with Crippen LogP contribution in [0.3, 0.4) is 0 Å². The van der Waals surface area contributed by atoms with Crippen molar-refractivity contribution in [3.63, 3.8) is 0 Å². The Kier molecular flexibility index (Phi) is 9.02. The molecule has 0 radical (unpaired) electrons. The second-order valence-corrected chi connectivity index (χ2v) is 8.85. The van der Waals surface area contributed by atoms with Crippen molar-refractivity contribution in [1.82, 2.24) is 15.5 Å². The van der Waals surface area contributed by atoms with Gasteiger partial charge in [0.25, 0.3) is 5.91 Å². The summed E-state index contributed by atoms with van der Waals surface area (Å²) in [6.45, 7) is 1.68. The Bertz CT molecular complexity index is 1000. The van der Waals surface area contributed by atoms with Crippen molar-refractivity contribution < 1.29 is 23.5 Å². The van der Waals surface area contributed by atoms with Crippen LogP contribution in [0.15, 0.2) is 36.4 Å². The van der Waals surface area contributed by atoms with Gasteiger partial charge < -0.3 is 15.7 Å². The lowest BCUT2D eigenvalue weighted by atomic mass is 9.96. The number of aliphatic hydroxyl groups is 1. The van der Waals surface area contributed by atoms with E-state index in [1.807, 2.05) is 0 Å². The third-order valence-corrected chi connectivity index (χ3v) is 6.41. The van der Waals surface area contributed by atoms with E-state index in [-0.39, 0.29) is 16.5 Å². The Morgan fingerprint density at radius 2 is 1.82 bits per heavy atom. The number of rotatable bonds is 8. The second kappa shape index (κ2) is 11.7. The molecule has 1 fully saturated rings. The summed E-state index contributed by atoms with van der Waals surface area (Å²) >= 11 is 11.8. The van der Waals surface area contributed by atoms with E-state index in [1.165, 1.54) is 30.3 Å². The fourth-order valence-corrected chi connectivity index (χ4v) is 3.98. The molecule has 178 valence electrons. The predicted octanol–water partition coefficient (Wildman–Crippen LogP) is 3.39. The molecule has 0 spiro atoms. The van der Waals surface area contributed by atoms with Crippen LogP contribution in [-0.4, -0.2) is 54.1 Å². The Balaban J connectivity index is 1.44. The van der Waals surface area contributed by atoms with E-state index in [0.29, 0.717) is 23.7 Å². The average Bonchev–Trinajstić information content (AvgIpc) is 2.80. The number of aliphatic hydroxyl groups excluding tert-OH is 1. The van der Waals surface area contributed by atoms with Crippen molar-refractivity contribution >= 4 is 35.0 Å². The van der Waals surface area contributed by atoms with E-state index in [1.54, 1.807) is 0 Å². The Morgan fingerprint density at radius 3 is 2.45 bits per heavy atom. The maximum Gasteiger partial charge on any atom is 0.252 e. The van der Waals surface area contributed by atoms with Gasteiger partial charge in [0.2, 0.25) is 5.91 Å². The Labute approximate surface area is 200 Å². The van der Waals surface area contributed by atoms with Crippen LogP contribution in [0.25, 0.3) is 0 Å². The first-order chi connectivity index (χ1) is 15.8. The zero-order valence-corrected chi connectivity index (χ0v) is 19.3. The number of benzene rings is 2. The van der Waals surface area contributed by atoms with Crippen LogP contribution >= 0.6 is 23.2 Å². The number of nitrogens with one attached hydrogen (secondary N) is 2. The molecule has 1 aliphatic heterocycles. The second-order valence-electron chi connectivity index (χ2n) is 8.04. The highest BCUT2D eigenvalue weighted by molar-refractivity contribution is 6.42. The van der Waals surface area contributed by atoms with Gasteiger partial charge in [-0.3, -0.25) is 14.5 Å². The van der Waals surface area contributed by atoms with Crippen molar-refractivity contribution in [2.45, 2.75) is 25.4 Å². The van der Waals surface area contributed by atoms with Gasteiger partial charge in [0, 0.05) is 30.3 Å². The molecule has 6 nitrogen and oxygen atoms in total. The number of nitrogens with zero attached hydrogens (tertiary/aromatic N) is 1. The predicted molar refractivity (Wildman–Crippen MR) is 122 cm³/mol. The van der Waals surface area contributed by atoms with Gasteiger partial charge in [-0.15, -0.1) is 0 Å². The van der Waals surface area contributed by atoms with E-state index in [2.05, 4.69) is 15.5 Å². The van der Waals surface area contributed by atoms with E-state index in [0.717, 1.165) is 32.0 Å². The molecule has 33 heavy (non-hydrogen) atoms. The number of carbonyl (C=O) groups is 2. The zero-order valence-electron chi connectivity index (χ0n) is 17.8. The molecule has 1 aliphatic rings.